The molecule has 3 rings (SSSR count). The highest BCUT2D eigenvalue weighted by molar-refractivity contribution is 9.10. The van der Waals surface area contributed by atoms with Gasteiger partial charge in [-0.1, -0.05) is 0 Å². The largest absolute Gasteiger partial charge is 0.487 e. The number of halogens is 2. The lowest BCUT2D eigenvalue weighted by atomic mass is 10.1. The molecular weight excluding hydrogens is 465 g/mol. The Labute approximate surface area is 188 Å². The number of hydrogen-bond acceptors (Lipinski definition) is 6. The molecule has 3 aromatic rings. The second-order valence-corrected chi connectivity index (χ2v) is 7.69. The van der Waals surface area contributed by atoms with Gasteiger partial charge in [-0.2, -0.15) is 5.10 Å². The molecule has 2 heterocycles. The first-order chi connectivity index (χ1) is 14.9. The zero-order valence-electron chi connectivity index (χ0n) is 17.1. The van der Waals surface area contributed by atoms with Crippen molar-refractivity contribution in [3.8, 4) is 11.4 Å². The lowest BCUT2D eigenvalue weighted by Gasteiger charge is -2.17. The third-order valence-electron chi connectivity index (χ3n) is 4.44. The van der Waals surface area contributed by atoms with Crippen LogP contribution >= 0.6 is 15.9 Å². The van der Waals surface area contributed by atoms with Gasteiger partial charge in [0.1, 0.15) is 24.3 Å². The number of aryl methyl sites for hydroxylation is 1. The van der Waals surface area contributed by atoms with Gasteiger partial charge in [0.05, 0.1) is 23.3 Å². The molecule has 0 amide bonds. The van der Waals surface area contributed by atoms with Crippen LogP contribution in [0.4, 0.5) is 4.39 Å². The molecule has 1 unspecified atom stereocenters. The summed E-state index contributed by atoms with van der Waals surface area (Å²) in [4.78, 5) is 4.06. The molecule has 0 aliphatic heterocycles. The zero-order chi connectivity index (χ0) is 22.4. The van der Waals surface area contributed by atoms with Crippen LogP contribution in [0.3, 0.4) is 0 Å². The monoisotopic (exact) mass is 487 g/mol. The molecule has 2 aromatic heterocycles. The van der Waals surface area contributed by atoms with Crippen molar-refractivity contribution in [3.63, 3.8) is 0 Å². The molecular formula is C22H23BrFN5O2. The molecule has 3 N–H and O–H groups in total. The Balaban J connectivity index is 1.99. The maximum Gasteiger partial charge on any atom is 0.139 e. The van der Waals surface area contributed by atoms with Crippen molar-refractivity contribution >= 4 is 22.1 Å². The third kappa shape index (κ3) is 5.56. The molecule has 9 heteroatoms. The highest BCUT2D eigenvalue weighted by Crippen LogP contribution is 2.27. The fourth-order valence-corrected chi connectivity index (χ4v) is 3.35. The van der Waals surface area contributed by atoms with Gasteiger partial charge in [0.25, 0.3) is 0 Å². The zero-order valence-corrected chi connectivity index (χ0v) is 18.7. The van der Waals surface area contributed by atoms with E-state index >= 15 is 0 Å². The summed E-state index contributed by atoms with van der Waals surface area (Å²) < 4.78 is 22.2. The second-order valence-electron chi connectivity index (χ2n) is 6.77. The summed E-state index contributed by atoms with van der Waals surface area (Å²) in [6.45, 7) is 4.46. The van der Waals surface area contributed by atoms with Crippen LogP contribution in [-0.2, 0) is 6.61 Å². The van der Waals surface area contributed by atoms with E-state index in [0.717, 1.165) is 10.7 Å². The van der Waals surface area contributed by atoms with Gasteiger partial charge >= 0.3 is 0 Å². The van der Waals surface area contributed by atoms with E-state index in [2.05, 4.69) is 31.3 Å². The van der Waals surface area contributed by atoms with Gasteiger partial charge in [0.15, 0.2) is 0 Å². The molecule has 0 aliphatic rings. The summed E-state index contributed by atoms with van der Waals surface area (Å²) in [7, 11) is 0. The average molecular weight is 488 g/mol. The lowest BCUT2D eigenvalue weighted by Crippen LogP contribution is -2.15. The Kier molecular flexibility index (Phi) is 7.54. The van der Waals surface area contributed by atoms with Crippen LogP contribution in [0.5, 0.6) is 5.75 Å². The fourth-order valence-electron chi connectivity index (χ4n) is 3.01. The SMILES string of the molecule is CCN/C=C(\C=N)C(O)c1cc(C)nn1-c1ccc(F)cc1COc1cncc(Br)c1. The van der Waals surface area contributed by atoms with Crippen LogP contribution in [0, 0.1) is 18.2 Å². The van der Waals surface area contributed by atoms with E-state index in [1.54, 1.807) is 48.4 Å². The number of nitrogens with zero attached hydrogens (tertiary/aromatic N) is 3. The minimum Gasteiger partial charge on any atom is -0.487 e. The third-order valence-corrected chi connectivity index (χ3v) is 4.87. The van der Waals surface area contributed by atoms with Gasteiger partial charge < -0.3 is 20.6 Å². The van der Waals surface area contributed by atoms with Gasteiger partial charge in [-0.25, -0.2) is 9.07 Å². The first kappa shape index (κ1) is 22.6. The quantitative estimate of drug-likeness (QED) is 0.392. The molecule has 0 radical (unpaired) electrons. The van der Waals surface area contributed by atoms with E-state index < -0.39 is 11.9 Å². The first-order valence-corrected chi connectivity index (χ1v) is 10.4. The maximum atomic E-state index is 14.0. The summed E-state index contributed by atoms with van der Waals surface area (Å²) in [5.74, 6) is 0.120. The first-order valence-electron chi connectivity index (χ1n) is 9.63. The molecule has 162 valence electrons. The molecule has 1 aromatic carbocycles. The molecule has 0 aliphatic carbocycles. The summed E-state index contributed by atoms with van der Waals surface area (Å²) in [6, 6.07) is 7.80. The van der Waals surface area contributed by atoms with Crippen molar-refractivity contribution < 1.29 is 14.2 Å². The van der Waals surface area contributed by atoms with Gasteiger partial charge in [-0.05, 0) is 60.1 Å². The molecule has 0 spiro atoms. The molecule has 7 nitrogen and oxygen atoms in total. The predicted molar refractivity (Wildman–Crippen MR) is 120 cm³/mol. The van der Waals surface area contributed by atoms with Crippen LogP contribution in [0.15, 0.2) is 59.0 Å². The Morgan fingerprint density at radius 2 is 2.16 bits per heavy atom. The highest BCUT2D eigenvalue weighted by Gasteiger charge is 2.21. The van der Waals surface area contributed by atoms with E-state index in [9.17, 15) is 9.50 Å². The number of aromatic nitrogens is 3. The van der Waals surface area contributed by atoms with Crippen molar-refractivity contribution in [3.05, 3.63) is 81.7 Å². The van der Waals surface area contributed by atoms with Crippen LogP contribution in [-0.4, -0.2) is 32.6 Å². The number of nitrogens with one attached hydrogen (secondary N) is 2. The van der Waals surface area contributed by atoms with Gasteiger partial charge in [0.2, 0.25) is 0 Å². The van der Waals surface area contributed by atoms with E-state index in [0.29, 0.717) is 40.5 Å². The summed E-state index contributed by atoms with van der Waals surface area (Å²) in [5.41, 5.74) is 2.63. The molecule has 0 saturated heterocycles. The molecule has 0 saturated carbocycles. The van der Waals surface area contributed by atoms with E-state index in [1.165, 1.54) is 12.1 Å². The lowest BCUT2D eigenvalue weighted by molar-refractivity contribution is 0.213. The van der Waals surface area contributed by atoms with E-state index in [4.69, 9.17) is 10.1 Å². The van der Waals surface area contributed by atoms with E-state index in [1.807, 2.05) is 6.92 Å². The standard InChI is InChI=1S/C22H23BrFN5O2/c1-3-26-10-16(9-25)22(30)21-6-14(2)28-29(21)20-5-4-18(24)7-15(20)13-31-19-8-17(23)11-27-12-19/h4-12,22,25-26,30H,3,13H2,1-2H3/b16-10+,25-9?. The van der Waals surface area contributed by atoms with Crippen molar-refractivity contribution in [2.24, 2.45) is 0 Å². The van der Waals surface area contributed by atoms with Crippen LogP contribution in [0.25, 0.3) is 5.69 Å². The Hall–Kier alpha value is -3.04. The van der Waals surface area contributed by atoms with Crippen molar-refractivity contribution in [1.29, 1.82) is 5.41 Å². The Morgan fingerprint density at radius 1 is 1.35 bits per heavy atom. The number of rotatable bonds is 9. The molecule has 0 bridgehead atoms. The Bertz CT molecular complexity index is 1100. The average Bonchev–Trinajstić information content (AvgIpc) is 3.14. The number of pyridine rings is 1. The van der Waals surface area contributed by atoms with E-state index in [-0.39, 0.29) is 6.61 Å². The predicted octanol–water partition coefficient (Wildman–Crippen LogP) is 4.23. The Morgan fingerprint density at radius 3 is 2.87 bits per heavy atom. The number of aliphatic hydroxyl groups excluding tert-OH is 1. The van der Waals surface area contributed by atoms with Gasteiger partial charge in [0, 0.05) is 40.8 Å². The topological polar surface area (TPSA) is 96.1 Å². The van der Waals surface area contributed by atoms with Crippen LogP contribution < -0.4 is 10.1 Å². The second kappa shape index (κ2) is 10.3. The van der Waals surface area contributed by atoms with Crippen molar-refractivity contribution in [2.75, 3.05) is 6.54 Å². The smallest absolute Gasteiger partial charge is 0.139 e. The van der Waals surface area contributed by atoms with Gasteiger partial charge in [-0.15, -0.1) is 0 Å². The number of hydrogen-bond donors (Lipinski definition) is 3. The number of aliphatic hydroxyl groups is 1. The summed E-state index contributed by atoms with van der Waals surface area (Å²) in [6.07, 6.45) is 4.81. The van der Waals surface area contributed by atoms with Crippen LogP contribution in [0.2, 0.25) is 0 Å². The minimum absolute atomic E-state index is 0.0737. The van der Waals surface area contributed by atoms with Crippen molar-refractivity contribution in [1.82, 2.24) is 20.1 Å². The number of benzene rings is 1. The molecule has 1 atom stereocenters. The maximum absolute atomic E-state index is 14.0. The molecule has 31 heavy (non-hydrogen) atoms. The van der Waals surface area contributed by atoms with Crippen molar-refractivity contribution in [2.45, 2.75) is 26.6 Å². The summed E-state index contributed by atoms with van der Waals surface area (Å²) >= 11 is 3.34. The normalized spacial score (nSPS) is 12.5. The molecule has 0 fully saturated rings. The fraction of sp³-hybridized carbons (Fsp3) is 0.227. The summed E-state index contributed by atoms with van der Waals surface area (Å²) in [5, 5.41) is 26.0. The van der Waals surface area contributed by atoms with Gasteiger partial charge in [-0.3, -0.25) is 4.98 Å². The van der Waals surface area contributed by atoms with Crippen LogP contribution in [0.1, 0.15) is 30.0 Å². The highest BCUT2D eigenvalue weighted by atomic mass is 79.9. The number of ether oxygens (including phenoxy) is 1. The minimum atomic E-state index is -1.09.